The minimum absolute atomic E-state index is 0.361. The van der Waals surface area contributed by atoms with Gasteiger partial charge in [0.25, 0.3) is 0 Å². The molecule has 106 valence electrons. The molecule has 1 heterocycles. The van der Waals surface area contributed by atoms with Crippen molar-refractivity contribution in [2.75, 3.05) is 26.7 Å². The van der Waals surface area contributed by atoms with Crippen LogP contribution in [-0.2, 0) is 0 Å². The fourth-order valence-electron chi connectivity index (χ4n) is 2.33. The van der Waals surface area contributed by atoms with Crippen LogP contribution in [0.2, 0.25) is 0 Å². The number of likely N-dealkylation sites (tertiary alicyclic amines) is 1. The topological polar surface area (TPSA) is 35.5 Å². The number of nitrogens with zero attached hydrogens (tertiary/aromatic N) is 1. The number of aliphatic hydroxyl groups excluding tert-OH is 1. The highest BCUT2D eigenvalue weighted by molar-refractivity contribution is 5.20. The van der Waals surface area contributed by atoms with Crippen LogP contribution in [0, 0.1) is 11.6 Å². The molecule has 19 heavy (non-hydrogen) atoms. The number of rotatable bonds is 4. The highest BCUT2D eigenvalue weighted by atomic mass is 19.2. The molecule has 0 aliphatic carbocycles. The van der Waals surface area contributed by atoms with Gasteiger partial charge in [-0.3, -0.25) is 0 Å². The highest BCUT2D eigenvalue weighted by Gasteiger charge is 2.18. The normalized spacial score (nSPS) is 19.6. The minimum Gasteiger partial charge on any atom is -0.387 e. The van der Waals surface area contributed by atoms with Gasteiger partial charge in [-0.05, 0) is 50.7 Å². The SMILES string of the molecule is CN1CCC(NCC(O)c2ccc(F)c(F)c2)CC1. The number of hydrogen-bond acceptors (Lipinski definition) is 3. The molecule has 1 aliphatic heterocycles. The average molecular weight is 270 g/mol. The van der Waals surface area contributed by atoms with Gasteiger partial charge < -0.3 is 15.3 Å². The fourth-order valence-corrected chi connectivity index (χ4v) is 2.33. The first-order valence-electron chi connectivity index (χ1n) is 6.61. The molecule has 0 spiro atoms. The monoisotopic (exact) mass is 270 g/mol. The summed E-state index contributed by atoms with van der Waals surface area (Å²) in [6.45, 7) is 2.44. The van der Waals surface area contributed by atoms with E-state index in [0.29, 0.717) is 18.2 Å². The summed E-state index contributed by atoms with van der Waals surface area (Å²) in [6.07, 6.45) is 1.27. The van der Waals surface area contributed by atoms with Gasteiger partial charge in [0, 0.05) is 12.6 Å². The maximum absolute atomic E-state index is 13.1. The maximum atomic E-state index is 13.1. The van der Waals surface area contributed by atoms with Crippen molar-refractivity contribution < 1.29 is 13.9 Å². The molecule has 1 fully saturated rings. The van der Waals surface area contributed by atoms with E-state index in [1.54, 1.807) is 0 Å². The molecule has 1 aromatic rings. The lowest BCUT2D eigenvalue weighted by molar-refractivity contribution is 0.157. The second-order valence-corrected chi connectivity index (χ2v) is 5.18. The molecular formula is C14H20F2N2O. The van der Waals surface area contributed by atoms with Crippen molar-refractivity contribution in [2.45, 2.75) is 25.0 Å². The lowest BCUT2D eigenvalue weighted by Gasteiger charge is -2.30. The molecule has 5 heteroatoms. The van der Waals surface area contributed by atoms with Gasteiger partial charge in [0.15, 0.2) is 11.6 Å². The van der Waals surface area contributed by atoms with Crippen LogP contribution in [0.3, 0.4) is 0 Å². The summed E-state index contributed by atoms with van der Waals surface area (Å²) in [5.74, 6) is -1.81. The van der Waals surface area contributed by atoms with Gasteiger partial charge >= 0.3 is 0 Å². The summed E-state index contributed by atoms with van der Waals surface area (Å²) in [4.78, 5) is 2.27. The molecule has 2 rings (SSSR count). The second-order valence-electron chi connectivity index (χ2n) is 5.18. The molecule has 1 saturated heterocycles. The molecule has 0 amide bonds. The third kappa shape index (κ3) is 3.96. The number of hydrogen-bond donors (Lipinski definition) is 2. The van der Waals surface area contributed by atoms with Gasteiger partial charge in [0.05, 0.1) is 6.10 Å². The van der Waals surface area contributed by atoms with Crippen LogP contribution in [0.1, 0.15) is 24.5 Å². The Hall–Kier alpha value is -1.04. The number of halogens is 2. The molecule has 0 bridgehead atoms. The Bertz CT molecular complexity index is 420. The molecule has 0 radical (unpaired) electrons. The summed E-state index contributed by atoms with van der Waals surface area (Å²) in [5.41, 5.74) is 0.402. The minimum atomic E-state index is -0.921. The summed E-state index contributed by atoms with van der Waals surface area (Å²) in [5, 5.41) is 13.2. The summed E-state index contributed by atoms with van der Waals surface area (Å²) < 4.78 is 25.9. The second kappa shape index (κ2) is 6.41. The predicted molar refractivity (Wildman–Crippen MR) is 69.8 cm³/mol. The van der Waals surface area contributed by atoms with E-state index in [0.717, 1.165) is 38.1 Å². The Kier molecular flexibility index (Phi) is 4.85. The smallest absolute Gasteiger partial charge is 0.159 e. The first-order valence-corrected chi connectivity index (χ1v) is 6.61. The molecule has 1 aliphatic rings. The van der Waals surface area contributed by atoms with E-state index in [-0.39, 0.29) is 0 Å². The Morgan fingerprint density at radius 2 is 2.00 bits per heavy atom. The Labute approximate surface area is 112 Å². The van der Waals surface area contributed by atoms with Crippen molar-refractivity contribution in [1.29, 1.82) is 0 Å². The van der Waals surface area contributed by atoms with E-state index in [1.807, 2.05) is 0 Å². The Morgan fingerprint density at radius 3 is 2.63 bits per heavy atom. The average Bonchev–Trinajstić information content (AvgIpc) is 2.41. The van der Waals surface area contributed by atoms with Gasteiger partial charge in [-0.2, -0.15) is 0 Å². The van der Waals surface area contributed by atoms with E-state index < -0.39 is 17.7 Å². The fraction of sp³-hybridized carbons (Fsp3) is 0.571. The molecule has 0 aromatic heterocycles. The van der Waals surface area contributed by atoms with E-state index in [4.69, 9.17) is 0 Å². The molecule has 1 aromatic carbocycles. The van der Waals surface area contributed by atoms with Crippen molar-refractivity contribution in [1.82, 2.24) is 10.2 Å². The number of aliphatic hydroxyl groups is 1. The van der Waals surface area contributed by atoms with Crippen molar-refractivity contribution >= 4 is 0 Å². The van der Waals surface area contributed by atoms with Crippen molar-refractivity contribution in [2.24, 2.45) is 0 Å². The highest BCUT2D eigenvalue weighted by Crippen LogP contribution is 2.16. The maximum Gasteiger partial charge on any atom is 0.159 e. The largest absolute Gasteiger partial charge is 0.387 e. The van der Waals surface area contributed by atoms with Crippen molar-refractivity contribution in [3.63, 3.8) is 0 Å². The van der Waals surface area contributed by atoms with Crippen LogP contribution in [0.15, 0.2) is 18.2 Å². The van der Waals surface area contributed by atoms with E-state index in [9.17, 15) is 13.9 Å². The first kappa shape index (κ1) is 14.4. The number of benzene rings is 1. The lowest BCUT2D eigenvalue weighted by atomic mass is 10.0. The third-order valence-electron chi connectivity index (χ3n) is 3.65. The van der Waals surface area contributed by atoms with Crippen molar-refractivity contribution in [3.8, 4) is 0 Å². The lowest BCUT2D eigenvalue weighted by Crippen LogP contribution is -2.42. The molecule has 3 nitrogen and oxygen atoms in total. The molecule has 0 saturated carbocycles. The van der Waals surface area contributed by atoms with Crippen molar-refractivity contribution in [3.05, 3.63) is 35.4 Å². The van der Waals surface area contributed by atoms with E-state index >= 15 is 0 Å². The third-order valence-corrected chi connectivity index (χ3v) is 3.65. The van der Waals surface area contributed by atoms with Crippen LogP contribution in [0.5, 0.6) is 0 Å². The van der Waals surface area contributed by atoms with Crippen LogP contribution < -0.4 is 5.32 Å². The van der Waals surface area contributed by atoms with Gasteiger partial charge in [-0.25, -0.2) is 8.78 Å². The quantitative estimate of drug-likeness (QED) is 0.874. The molecule has 2 N–H and O–H groups in total. The van der Waals surface area contributed by atoms with Crippen LogP contribution in [0.25, 0.3) is 0 Å². The molecule has 1 unspecified atom stereocenters. The van der Waals surface area contributed by atoms with Gasteiger partial charge in [-0.1, -0.05) is 6.07 Å². The van der Waals surface area contributed by atoms with Crippen LogP contribution >= 0.6 is 0 Å². The number of nitrogens with one attached hydrogen (secondary N) is 1. The zero-order chi connectivity index (χ0) is 13.8. The van der Waals surface area contributed by atoms with E-state index in [1.165, 1.54) is 6.07 Å². The van der Waals surface area contributed by atoms with Crippen LogP contribution in [-0.4, -0.2) is 42.7 Å². The Balaban J connectivity index is 1.83. The molecular weight excluding hydrogens is 250 g/mol. The zero-order valence-electron chi connectivity index (χ0n) is 11.1. The zero-order valence-corrected chi connectivity index (χ0v) is 11.1. The molecule has 1 atom stereocenters. The van der Waals surface area contributed by atoms with Crippen LogP contribution in [0.4, 0.5) is 8.78 Å². The van der Waals surface area contributed by atoms with Gasteiger partial charge in [0.2, 0.25) is 0 Å². The summed E-state index contributed by atoms with van der Waals surface area (Å²) in [6, 6.07) is 3.90. The van der Waals surface area contributed by atoms with Gasteiger partial charge in [-0.15, -0.1) is 0 Å². The van der Waals surface area contributed by atoms with Gasteiger partial charge in [0.1, 0.15) is 0 Å². The first-order chi connectivity index (χ1) is 9.06. The summed E-state index contributed by atoms with van der Waals surface area (Å²) in [7, 11) is 2.09. The standard InChI is InChI=1S/C14H20F2N2O/c1-18-6-4-11(5-7-18)17-9-14(19)10-2-3-12(15)13(16)8-10/h2-3,8,11,14,17,19H,4-7,9H2,1H3. The Morgan fingerprint density at radius 1 is 1.32 bits per heavy atom. The number of piperidine rings is 1. The summed E-state index contributed by atoms with van der Waals surface area (Å²) >= 11 is 0. The van der Waals surface area contributed by atoms with E-state index in [2.05, 4.69) is 17.3 Å². The predicted octanol–water partition coefficient (Wildman–Crippen LogP) is 1.68.